The minimum Gasteiger partial charge on any atom is -0.496 e. The Hall–Kier alpha value is -1.51. The van der Waals surface area contributed by atoms with Gasteiger partial charge in [-0.2, -0.15) is 0 Å². The van der Waals surface area contributed by atoms with Crippen molar-refractivity contribution in [3.63, 3.8) is 0 Å². The van der Waals surface area contributed by atoms with Gasteiger partial charge in [0.05, 0.1) is 7.11 Å². The molecular weight excluding hydrogens is 282 g/mol. The zero-order valence-corrected chi connectivity index (χ0v) is 13.2. The summed E-state index contributed by atoms with van der Waals surface area (Å²) in [6.07, 6.45) is 2.58. The second-order valence-electron chi connectivity index (χ2n) is 5.65. The van der Waals surface area contributed by atoms with Crippen LogP contribution in [-0.4, -0.2) is 13.2 Å². The molecule has 0 aliphatic heterocycles. The molecule has 2 aromatic carbocycles. The summed E-state index contributed by atoms with van der Waals surface area (Å²) in [5, 5.41) is 4.32. The largest absolute Gasteiger partial charge is 0.496 e. The van der Waals surface area contributed by atoms with Gasteiger partial charge in [-0.1, -0.05) is 29.8 Å². The zero-order valence-electron chi connectivity index (χ0n) is 12.4. The quantitative estimate of drug-likeness (QED) is 0.873. The van der Waals surface area contributed by atoms with Crippen LogP contribution in [0.2, 0.25) is 5.02 Å². The molecular formula is C18H20ClNO. The molecule has 0 spiro atoms. The smallest absolute Gasteiger partial charge is 0.121 e. The monoisotopic (exact) mass is 301 g/mol. The molecule has 3 rings (SSSR count). The summed E-state index contributed by atoms with van der Waals surface area (Å²) in [6, 6.07) is 13.2. The molecule has 0 aromatic heterocycles. The van der Waals surface area contributed by atoms with Crippen LogP contribution in [0.1, 0.15) is 24.0 Å². The molecule has 0 unspecified atom stereocenters. The van der Waals surface area contributed by atoms with Crippen LogP contribution in [0.4, 0.5) is 0 Å². The van der Waals surface area contributed by atoms with E-state index >= 15 is 0 Å². The molecule has 0 radical (unpaired) electrons. The standard InChI is InChI=1S/C18H20ClNO/c1-12-9-13(5-8-18(12)21-2)14-3-4-15(17(19)10-14)11-20-16-6-7-16/h3-5,8-10,16,20H,6-7,11H2,1-2H3. The van der Waals surface area contributed by atoms with Crippen molar-refractivity contribution < 1.29 is 4.74 Å². The van der Waals surface area contributed by atoms with Crippen molar-refractivity contribution in [1.82, 2.24) is 5.32 Å². The van der Waals surface area contributed by atoms with Gasteiger partial charge < -0.3 is 10.1 Å². The first-order chi connectivity index (χ1) is 10.2. The molecule has 1 N–H and O–H groups in total. The van der Waals surface area contributed by atoms with Crippen molar-refractivity contribution in [2.45, 2.75) is 32.4 Å². The molecule has 0 atom stereocenters. The first-order valence-electron chi connectivity index (χ1n) is 7.34. The van der Waals surface area contributed by atoms with Crippen LogP contribution in [0.3, 0.4) is 0 Å². The van der Waals surface area contributed by atoms with Gasteiger partial charge in [0.25, 0.3) is 0 Å². The zero-order chi connectivity index (χ0) is 14.8. The van der Waals surface area contributed by atoms with Crippen molar-refractivity contribution in [2.75, 3.05) is 7.11 Å². The number of nitrogens with one attached hydrogen (secondary N) is 1. The number of methoxy groups -OCH3 is 1. The highest BCUT2D eigenvalue weighted by molar-refractivity contribution is 6.31. The summed E-state index contributed by atoms with van der Waals surface area (Å²) in [5.74, 6) is 0.912. The second kappa shape index (κ2) is 6.08. The number of hydrogen-bond donors (Lipinski definition) is 1. The lowest BCUT2D eigenvalue weighted by Gasteiger charge is -2.10. The average molecular weight is 302 g/mol. The lowest BCUT2D eigenvalue weighted by atomic mass is 10.0. The third-order valence-electron chi connectivity index (χ3n) is 3.94. The summed E-state index contributed by atoms with van der Waals surface area (Å²) in [7, 11) is 1.69. The van der Waals surface area contributed by atoms with Gasteiger partial charge in [0, 0.05) is 17.6 Å². The normalized spacial score (nSPS) is 14.2. The van der Waals surface area contributed by atoms with Crippen LogP contribution in [0.15, 0.2) is 36.4 Å². The molecule has 1 saturated carbocycles. The fourth-order valence-electron chi connectivity index (χ4n) is 2.47. The van der Waals surface area contributed by atoms with Crippen LogP contribution in [0, 0.1) is 6.92 Å². The fourth-order valence-corrected chi connectivity index (χ4v) is 2.72. The molecule has 3 heteroatoms. The van der Waals surface area contributed by atoms with Gasteiger partial charge in [-0.25, -0.2) is 0 Å². The van der Waals surface area contributed by atoms with Crippen molar-refractivity contribution in [3.05, 3.63) is 52.5 Å². The predicted molar refractivity (Wildman–Crippen MR) is 88.0 cm³/mol. The van der Waals surface area contributed by atoms with Crippen LogP contribution in [0.5, 0.6) is 5.75 Å². The van der Waals surface area contributed by atoms with E-state index in [0.29, 0.717) is 6.04 Å². The van der Waals surface area contributed by atoms with E-state index in [0.717, 1.165) is 39.6 Å². The highest BCUT2D eigenvalue weighted by Crippen LogP contribution is 2.29. The Morgan fingerprint density at radius 1 is 1.14 bits per heavy atom. The van der Waals surface area contributed by atoms with Crippen molar-refractivity contribution in [3.8, 4) is 16.9 Å². The Labute approximate surface area is 131 Å². The number of rotatable bonds is 5. The number of benzene rings is 2. The van der Waals surface area contributed by atoms with Crippen LogP contribution < -0.4 is 10.1 Å². The minimum absolute atomic E-state index is 0.699. The Kier molecular flexibility index (Phi) is 4.18. The van der Waals surface area contributed by atoms with Gasteiger partial charge in [0.2, 0.25) is 0 Å². The molecule has 0 bridgehead atoms. The Morgan fingerprint density at radius 3 is 2.48 bits per heavy atom. The maximum atomic E-state index is 6.42. The Balaban J connectivity index is 1.81. The fraction of sp³-hybridized carbons (Fsp3) is 0.333. The van der Waals surface area contributed by atoms with E-state index in [9.17, 15) is 0 Å². The average Bonchev–Trinajstić information content (AvgIpc) is 3.30. The molecule has 0 amide bonds. The van der Waals surface area contributed by atoms with E-state index in [1.54, 1.807) is 7.11 Å². The number of ether oxygens (including phenoxy) is 1. The van der Waals surface area contributed by atoms with Gasteiger partial charge in [-0.15, -0.1) is 0 Å². The lowest BCUT2D eigenvalue weighted by Crippen LogP contribution is -2.15. The molecule has 21 heavy (non-hydrogen) atoms. The van der Waals surface area contributed by atoms with E-state index in [1.807, 2.05) is 12.1 Å². The Morgan fingerprint density at radius 2 is 1.86 bits per heavy atom. The molecule has 2 aromatic rings. The predicted octanol–water partition coefficient (Wildman–Crippen LogP) is 4.58. The molecule has 1 aliphatic carbocycles. The molecule has 1 fully saturated rings. The van der Waals surface area contributed by atoms with Gasteiger partial charge in [0.15, 0.2) is 0 Å². The van der Waals surface area contributed by atoms with Crippen molar-refractivity contribution >= 4 is 11.6 Å². The van der Waals surface area contributed by atoms with Crippen LogP contribution in [-0.2, 0) is 6.54 Å². The molecule has 0 saturated heterocycles. The topological polar surface area (TPSA) is 21.3 Å². The summed E-state index contributed by atoms with van der Waals surface area (Å²) >= 11 is 6.42. The van der Waals surface area contributed by atoms with Crippen LogP contribution in [0.25, 0.3) is 11.1 Å². The van der Waals surface area contributed by atoms with E-state index < -0.39 is 0 Å². The molecule has 0 heterocycles. The minimum atomic E-state index is 0.699. The second-order valence-corrected chi connectivity index (χ2v) is 6.05. The van der Waals surface area contributed by atoms with E-state index in [2.05, 4.69) is 36.5 Å². The van der Waals surface area contributed by atoms with Gasteiger partial charge in [-0.3, -0.25) is 0 Å². The SMILES string of the molecule is COc1ccc(-c2ccc(CNC3CC3)c(Cl)c2)cc1C. The van der Waals surface area contributed by atoms with E-state index in [4.69, 9.17) is 16.3 Å². The number of hydrogen-bond acceptors (Lipinski definition) is 2. The third kappa shape index (κ3) is 3.39. The summed E-state index contributed by atoms with van der Waals surface area (Å²) < 4.78 is 5.30. The van der Waals surface area contributed by atoms with Gasteiger partial charge in [-0.05, 0) is 60.2 Å². The maximum Gasteiger partial charge on any atom is 0.121 e. The van der Waals surface area contributed by atoms with Crippen LogP contribution >= 0.6 is 11.6 Å². The summed E-state index contributed by atoms with van der Waals surface area (Å²) in [6.45, 7) is 2.91. The number of aryl methyl sites for hydroxylation is 1. The van der Waals surface area contributed by atoms with Gasteiger partial charge >= 0.3 is 0 Å². The summed E-state index contributed by atoms with van der Waals surface area (Å²) in [5.41, 5.74) is 4.60. The highest BCUT2D eigenvalue weighted by atomic mass is 35.5. The van der Waals surface area contributed by atoms with E-state index in [1.165, 1.54) is 12.8 Å². The van der Waals surface area contributed by atoms with Gasteiger partial charge in [0.1, 0.15) is 5.75 Å². The van der Waals surface area contributed by atoms with Crippen molar-refractivity contribution in [2.24, 2.45) is 0 Å². The molecule has 110 valence electrons. The highest BCUT2D eigenvalue weighted by Gasteiger charge is 2.20. The molecule has 1 aliphatic rings. The maximum absolute atomic E-state index is 6.42. The molecule has 2 nitrogen and oxygen atoms in total. The summed E-state index contributed by atoms with van der Waals surface area (Å²) in [4.78, 5) is 0. The van der Waals surface area contributed by atoms with Crippen molar-refractivity contribution in [1.29, 1.82) is 0 Å². The third-order valence-corrected chi connectivity index (χ3v) is 4.29. The first-order valence-corrected chi connectivity index (χ1v) is 7.72. The lowest BCUT2D eigenvalue weighted by molar-refractivity contribution is 0.412. The Bertz CT molecular complexity index is 650. The van der Waals surface area contributed by atoms with E-state index in [-0.39, 0.29) is 0 Å². The first kappa shape index (κ1) is 14.4. The number of halogens is 1.